The van der Waals surface area contributed by atoms with Gasteiger partial charge in [-0.2, -0.15) is 0 Å². The highest BCUT2D eigenvalue weighted by Crippen LogP contribution is 2.51. The van der Waals surface area contributed by atoms with E-state index in [2.05, 4.69) is 13.5 Å². The predicted molar refractivity (Wildman–Crippen MR) is 41.7 cm³/mol. The molecule has 0 saturated heterocycles. The molecule has 1 saturated carbocycles. The SMILES string of the molecule is C=CCC(C)C1(C=O)CC1. The van der Waals surface area contributed by atoms with E-state index < -0.39 is 0 Å². The van der Waals surface area contributed by atoms with E-state index in [-0.39, 0.29) is 5.41 Å². The van der Waals surface area contributed by atoms with Gasteiger partial charge in [-0.15, -0.1) is 6.58 Å². The van der Waals surface area contributed by atoms with Crippen LogP contribution in [-0.2, 0) is 4.79 Å². The van der Waals surface area contributed by atoms with Crippen LogP contribution in [-0.4, -0.2) is 6.29 Å². The minimum absolute atomic E-state index is 0.0498. The monoisotopic (exact) mass is 138 g/mol. The number of carbonyl (C=O) groups excluding carboxylic acids is 1. The highest BCUT2D eigenvalue weighted by molar-refractivity contribution is 5.64. The van der Waals surface area contributed by atoms with Gasteiger partial charge in [0, 0.05) is 5.41 Å². The van der Waals surface area contributed by atoms with Gasteiger partial charge in [0.25, 0.3) is 0 Å². The van der Waals surface area contributed by atoms with Crippen LogP contribution in [0, 0.1) is 11.3 Å². The molecule has 0 amide bonds. The number of allylic oxidation sites excluding steroid dienone is 1. The van der Waals surface area contributed by atoms with Gasteiger partial charge >= 0.3 is 0 Å². The lowest BCUT2D eigenvalue weighted by Crippen LogP contribution is -2.13. The van der Waals surface area contributed by atoms with Crippen LogP contribution in [0.2, 0.25) is 0 Å². The van der Waals surface area contributed by atoms with E-state index >= 15 is 0 Å². The van der Waals surface area contributed by atoms with Crippen molar-refractivity contribution in [1.82, 2.24) is 0 Å². The topological polar surface area (TPSA) is 17.1 Å². The average molecular weight is 138 g/mol. The third-order valence-corrected chi connectivity index (χ3v) is 2.56. The molecule has 0 aromatic rings. The van der Waals surface area contributed by atoms with Crippen molar-refractivity contribution in [2.24, 2.45) is 11.3 Å². The maximum atomic E-state index is 10.6. The fraction of sp³-hybridized carbons (Fsp3) is 0.667. The zero-order chi connectivity index (χ0) is 7.61. The summed E-state index contributed by atoms with van der Waals surface area (Å²) in [5.74, 6) is 0.502. The second-order valence-corrected chi connectivity index (χ2v) is 3.28. The maximum absolute atomic E-state index is 10.6. The summed E-state index contributed by atoms with van der Waals surface area (Å²) in [4.78, 5) is 10.6. The number of rotatable bonds is 4. The van der Waals surface area contributed by atoms with Crippen LogP contribution >= 0.6 is 0 Å². The van der Waals surface area contributed by atoms with Crippen molar-refractivity contribution >= 4 is 6.29 Å². The Hall–Kier alpha value is -0.590. The minimum Gasteiger partial charge on any atom is -0.303 e. The molecule has 0 spiro atoms. The Balaban J connectivity index is 2.46. The number of hydrogen-bond donors (Lipinski definition) is 0. The minimum atomic E-state index is 0.0498. The molecule has 1 rings (SSSR count). The largest absolute Gasteiger partial charge is 0.303 e. The molecular formula is C9H14O. The van der Waals surface area contributed by atoms with Crippen LogP contribution in [0.25, 0.3) is 0 Å². The van der Waals surface area contributed by atoms with E-state index in [1.54, 1.807) is 0 Å². The number of carbonyl (C=O) groups is 1. The Morgan fingerprint density at radius 2 is 2.30 bits per heavy atom. The van der Waals surface area contributed by atoms with Crippen molar-refractivity contribution in [3.05, 3.63) is 12.7 Å². The van der Waals surface area contributed by atoms with Crippen molar-refractivity contribution in [3.8, 4) is 0 Å². The number of aldehydes is 1. The van der Waals surface area contributed by atoms with Gasteiger partial charge in [-0.25, -0.2) is 0 Å². The molecule has 1 unspecified atom stereocenters. The summed E-state index contributed by atoms with van der Waals surface area (Å²) in [6.45, 7) is 5.79. The Morgan fingerprint density at radius 1 is 1.70 bits per heavy atom. The highest BCUT2D eigenvalue weighted by atomic mass is 16.1. The van der Waals surface area contributed by atoms with Crippen LogP contribution in [0.3, 0.4) is 0 Å². The first-order valence-electron chi connectivity index (χ1n) is 3.82. The molecule has 1 nitrogen and oxygen atoms in total. The smallest absolute Gasteiger partial charge is 0.126 e. The Morgan fingerprint density at radius 3 is 2.60 bits per heavy atom. The molecule has 0 radical (unpaired) electrons. The lowest BCUT2D eigenvalue weighted by molar-refractivity contribution is -0.113. The van der Waals surface area contributed by atoms with Crippen LogP contribution in [0.4, 0.5) is 0 Å². The summed E-state index contributed by atoms with van der Waals surface area (Å²) in [7, 11) is 0. The standard InChI is InChI=1S/C9H14O/c1-3-4-8(2)9(7-10)5-6-9/h3,7-8H,1,4-6H2,2H3. The van der Waals surface area contributed by atoms with Crippen molar-refractivity contribution in [3.63, 3.8) is 0 Å². The van der Waals surface area contributed by atoms with Gasteiger partial charge in [0.05, 0.1) is 0 Å². The van der Waals surface area contributed by atoms with Crippen molar-refractivity contribution in [2.75, 3.05) is 0 Å². The summed E-state index contributed by atoms with van der Waals surface area (Å²) in [6, 6.07) is 0. The molecule has 0 aromatic heterocycles. The Kier molecular flexibility index (Phi) is 1.93. The van der Waals surface area contributed by atoms with Crippen LogP contribution < -0.4 is 0 Å². The fourth-order valence-corrected chi connectivity index (χ4v) is 1.36. The fourth-order valence-electron chi connectivity index (χ4n) is 1.36. The summed E-state index contributed by atoms with van der Waals surface area (Å²) in [5, 5.41) is 0. The lowest BCUT2D eigenvalue weighted by Gasteiger charge is -2.14. The molecule has 1 atom stereocenters. The van der Waals surface area contributed by atoms with Crippen LogP contribution in [0.15, 0.2) is 12.7 Å². The number of hydrogen-bond acceptors (Lipinski definition) is 1. The zero-order valence-electron chi connectivity index (χ0n) is 6.47. The zero-order valence-corrected chi connectivity index (χ0v) is 6.47. The first-order chi connectivity index (χ1) is 4.75. The molecule has 0 N–H and O–H groups in total. The van der Waals surface area contributed by atoms with Crippen LogP contribution in [0.1, 0.15) is 26.2 Å². The molecule has 1 fully saturated rings. The molecule has 1 heteroatoms. The Labute approximate surface area is 62.1 Å². The molecule has 1 aliphatic carbocycles. The van der Waals surface area contributed by atoms with E-state index in [0.717, 1.165) is 25.5 Å². The predicted octanol–water partition coefficient (Wildman–Crippen LogP) is 2.18. The van der Waals surface area contributed by atoms with Crippen LogP contribution in [0.5, 0.6) is 0 Å². The van der Waals surface area contributed by atoms with Gasteiger partial charge in [-0.3, -0.25) is 0 Å². The second-order valence-electron chi connectivity index (χ2n) is 3.28. The molecule has 56 valence electrons. The molecule has 0 bridgehead atoms. The van der Waals surface area contributed by atoms with Gasteiger partial charge in [0.15, 0.2) is 0 Å². The lowest BCUT2D eigenvalue weighted by atomic mass is 9.89. The third kappa shape index (κ3) is 1.13. The van der Waals surface area contributed by atoms with Crippen molar-refractivity contribution < 1.29 is 4.79 Å². The second kappa shape index (κ2) is 2.57. The molecule has 0 aliphatic heterocycles. The first-order valence-corrected chi connectivity index (χ1v) is 3.82. The molecule has 10 heavy (non-hydrogen) atoms. The average Bonchev–Trinajstić information content (AvgIpc) is 2.68. The highest BCUT2D eigenvalue weighted by Gasteiger charge is 2.46. The summed E-state index contributed by atoms with van der Waals surface area (Å²) >= 11 is 0. The Bertz CT molecular complexity index is 145. The van der Waals surface area contributed by atoms with E-state index in [1.807, 2.05) is 6.08 Å². The quantitative estimate of drug-likeness (QED) is 0.430. The van der Waals surface area contributed by atoms with E-state index in [9.17, 15) is 4.79 Å². The van der Waals surface area contributed by atoms with Crippen molar-refractivity contribution in [1.29, 1.82) is 0 Å². The summed E-state index contributed by atoms with van der Waals surface area (Å²) in [6.07, 6.45) is 6.17. The molecule has 1 aliphatic rings. The van der Waals surface area contributed by atoms with Gasteiger partial charge < -0.3 is 4.79 Å². The van der Waals surface area contributed by atoms with E-state index in [1.165, 1.54) is 0 Å². The normalized spacial score (nSPS) is 23.3. The summed E-state index contributed by atoms with van der Waals surface area (Å²) in [5.41, 5.74) is 0.0498. The van der Waals surface area contributed by atoms with Gasteiger partial charge in [0.2, 0.25) is 0 Å². The maximum Gasteiger partial charge on any atom is 0.126 e. The van der Waals surface area contributed by atoms with E-state index in [4.69, 9.17) is 0 Å². The molecular weight excluding hydrogens is 124 g/mol. The van der Waals surface area contributed by atoms with Crippen molar-refractivity contribution in [2.45, 2.75) is 26.2 Å². The third-order valence-electron chi connectivity index (χ3n) is 2.56. The summed E-state index contributed by atoms with van der Waals surface area (Å²) < 4.78 is 0. The molecule has 0 aromatic carbocycles. The van der Waals surface area contributed by atoms with Gasteiger partial charge in [-0.1, -0.05) is 13.0 Å². The van der Waals surface area contributed by atoms with Gasteiger partial charge in [0.1, 0.15) is 6.29 Å². The first kappa shape index (κ1) is 7.52. The van der Waals surface area contributed by atoms with Gasteiger partial charge in [-0.05, 0) is 25.2 Å². The molecule has 0 heterocycles. The van der Waals surface area contributed by atoms with E-state index in [0.29, 0.717) is 5.92 Å².